The minimum Gasteiger partial charge on any atom is -0.477 e. The van der Waals surface area contributed by atoms with Crippen molar-refractivity contribution in [2.24, 2.45) is 0 Å². The molecule has 1 aromatic carbocycles. The normalized spacial score (nSPS) is 12.7. The van der Waals surface area contributed by atoms with Crippen LogP contribution in [0.4, 0.5) is 13.2 Å². The first kappa shape index (κ1) is 18.4. The third kappa shape index (κ3) is 2.98. The van der Waals surface area contributed by atoms with Crippen LogP contribution in [-0.4, -0.2) is 20.5 Å². The van der Waals surface area contributed by atoms with E-state index in [1.165, 1.54) is 6.92 Å². The van der Waals surface area contributed by atoms with Crippen LogP contribution >= 0.6 is 11.3 Å². The summed E-state index contributed by atoms with van der Waals surface area (Å²) in [5.74, 6) is -1.61. The van der Waals surface area contributed by atoms with Crippen LogP contribution in [0.1, 0.15) is 47.4 Å². The molecule has 1 N–H and O–H groups in total. The standard InChI is InChI=1S/C18H17F3N2O2S/c1-9-12(10-5-7-11(8-6-10)17(2,3)4)22-16-23(9)14(18(19,20)21)13(26-16)15(24)25/h5-8H,1-4H3,(H,24,25). The predicted molar refractivity (Wildman–Crippen MR) is 93.9 cm³/mol. The molecule has 0 radical (unpaired) electrons. The summed E-state index contributed by atoms with van der Waals surface area (Å²) in [6.45, 7) is 7.73. The second kappa shape index (κ2) is 5.84. The van der Waals surface area contributed by atoms with E-state index in [0.717, 1.165) is 9.96 Å². The number of hydrogen-bond donors (Lipinski definition) is 1. The van der Waals surface area contributed by atoms with Gasteiger partial charge in [0.05, 0.1) is 5.69 Å². The molecule has 0 spiro atoms. The highest BCUT2D eigenvalue weighted by atomic mass is 32.1. The topological polar surface area (TPSA) is 54.6 Å². The average Bonchev–Trinajstić information content (AvgIpc) is 3.03. The summed E-state index contributed by atoms with van der Waals surface area (Å²) >= 11 is 0.528. The van der Waals surface area contributed by atoms with Crippen molar-refractivity contribution < 1.29 is 23.1 Å². The molecule has 26 heavy (non-hydrogen) atoms. The van der Waals surface area contributed by atoms with Gasteiger partial charge < -0.3 is 5.11 Å². The van der Waals surface area contributed by atoms with Crippen molar-refractivity contribution in [1.29, 1.82) is 0 Å². The van der Waals surface area contributed by atoms with Crippen molar-refractivity contribution in [3.63, 3.8) is 0 Å². The number of imidazole rings is 1. The lowest BCUT2D eigenvalue weighted by atomic mass is 9.86. The van der Waals surface area contributed by atoms with E-state index in [-0.39, 0.29) is 16.1 Å². The van der Waals surface area contributed by atoms with Crippen LogP contribution in [0.3, 0.4) is 0 Å². The Kier molecular flexibility index (Phi) is 4.14. The zero-order chi connectivity index (χ0) is 19.4. The van der Waals surface area contributed by atoms with Gasteiger partial charge >= 0.3 is 12.1 Å². The Morgan fingerprint density at radius 3 is 2.19 bits per heavy atom. The maximum absolute atomic E-state index is 13.4. The van der Waals surface area contributed by atoms with E-state index < -0.39 is 22.7 Å². The highest BCUT2D eigenvalue weighted by Gasteiger charge is 2.41. The van der Waals surface area contributed by atoms with Crippen LogP contribution in [0.5, 0.6) is 0 Å². The van der Waals surface area contributed by atoms with Gasteiger partial charge in [-0.1, -0.05) is 56.4 Å². The van der Waals surface area contributed by atoms with Gasteiger partial charge in [0.2, 0.25) is 0 Å². The molecule has 0 bridgehead atoms. The van der Waals surface area contributed by atoms with E-state index in [1.54, 1.807) is 0 Å². The summed E-state index contributed by atoms with van der Waals surface area (Å²) in [6.07, 6.45) is -4.79. The molecule has 0 amide bonds. The summed E-state index contributed by atoms with van der Waals surface area (Å²) < 4.78 is 41.2. The van der Waals surface area contributed by atoms with E-state index in [1.807, 2.05) is 24.3 Å². The zero-order valence-electron chi connectivity index (χ0n) is 14.6. The van der Waals surface area contributed by atoms with E-state index in [2.05, 4.69) is 25.8 Å². The van der Waals surface area contributed by atoms with E-state index in [0.29, 0.717) is 22.6 Å². The van der Waals surface area contributed by atoms with Gasteiger partial charge in [-0.15, -0.1) is 0 Å². The Hall–Kier alpha value is -2.35. The van der Waals surface area contributed by atoms with Gasteiger partial charge in [-0.3, -0.25) is 4.40 Å². The van der Waals surface area contributed by atoms with Crippen molar-refractivity contribution >= 4 is 22.3 Å². The predicted octanol–water partition coefficient (Wildman–Crippen LogP) is 5.39. The van der Waals surface area contributed by atoms with Crippen LogP contribution in [0.2, 0.25) is 0 Å². The minimum atomic E-state index is -4.79. The summed E-state index contributed by atoms with van der Waals surface area (Å²) in [7, 11) is 0. The molecule has 0 saturated carbocycles. The Morgan fingerprint density at radius 2 is 1.73 bits per heavy atom. The number of carbonyl (C=O) groups is 1. The van der Waals surface area contributed by atoms with Gasteiger partial charge in [0.15, 0.2) is 10.7 Å². The lowest BCUT2D eigenvalue weighted by Crippen LogP contribution is -2.14. The van der Waals surface area contributed by atoms with Gasteiger partial charge in [-0.25, -0.2) is 9.78 Å². The number of carboxylic acid groups (broad SMARTS) is 1. The first-order valence-corrected chi connectivity index (χ1v) is 8.66. The highest BCUT2D eigenvalue weighted by molar-refractivity contribution is 7.19. The molecule has 0 atom stereocenters. The molecule has 3 rings (SSSR count). The third-order valence-corrected chi connectivity index (χ3v) is 5.22. The Balaban J connectivity index is 2.20. The van der Waals surface area contributed by atoms with Crippen LogP contribution in [-0.2, 0) is 11.6 Å². The van der Waals surface area contributed by atoms with E-state index >= 15 is 0 Å². The summed E-state index contributed by atoms with van der Waals surface area (Å²) in [4.78, 5) is 14.7. The van der Waals surface area contributed by atoms with E-state index in [9.17, 15) is 18.0 Å². The molecular formula is C18H17F3N2O2S. The summed E-state index contributed by atoms with van der Waals surface area (Å²) in [5, 5.41) is 9.10. The number of halogens is 3. The van der Waals surface area contributed by atoms with Crippen LogP contribution in [0, 0.1) is 6.92 Å². The lowest BCUT2D eigenvalue weighted by molar-refractivity contribution is -0.142. The van der Waals surface area contributed by atoms with Crippen LogP contribution < -0.4 is 0 Å². The van der Waals surface area contributed by atoms with Crippen molar-refractivity contribution in [3.05, 3.63) is 46.1 Å². The number of aryl methyl sites for hydroxylation is 1. The zero-order valence-corrected chi connectivity index (χ0v) is 15.4. The SMILES string of the molecule is Cc1c(-c2ccc(C(C)(C)C)cc2)nc2sc(C(=O)O)c(C(F)(F)F)n12. The fourth-order valence-corrected chi connectivity index (χ4v) is 3.88. The van der Waals surface area contributed by atoms with Crippen LogP contribution in [0.15, 0.2) is 24.3 Å². The second-order valence-corrected chi connectivity index (χ2v) is 8.05. The van der Waals surface area contributed by atoms with Gasteiger partial charge in [-0.2, -0.15) is 13.2 Å². The third-order valence-electron chi connectivity index (χ3n) is 4.20. The smallest absolute Gasteiger partial charge is 0.433 e. The average molecular weight is 382 g/mol. The Morgan fingerprint density at radius 1 is 1.15 bits per heavy atom. The summed E-state index contributed by atoms with van der Waals surface area (Å²) in [6, 6.07) is 7.50. The molecule has 3 aromatic rings. The number of aromatic carboxylic acids is 1. The first-order valence-electron chi connectivity index (χ1n) is 7.84. The molecule has 0 saturated heterocycles. The number of aromatic nitrogens is 2. The van der Waals surface area contributed by atoms with Crippen molar-refractivity contribution in [2.75, 3.05) is 0 Å². The van der Waals surface area contributed by atoms with Crippen molar-refractivity contribution in [1.82, 2.24) is 9.38 Å². The molecule has 0 aliphatic heterocycles. The van der Waals surface area contributed by atoms with Gasteiger partial charge in [0, 0.05) is 11.3 Å². The molecule has 0 aliphatic rings. The van der Waals surface area contributed by atoms with Crippen molar-refractivity contribution in [2.45, 2.75) is 39.3 Å². The number of fused-ring (bicyclic) bond motifs is 1. The monoisotopic (exact) mass is 382 g/mol. The van der Waals surface area contributed by atoms with Crippen LogP contribution in [0.25, 0.3) is 16.2 Å². The van der Waals surface area contributed by atoms with Crippen molar-refractivity contribution in [3.8, 4) is 11.3 Å². The molecular weight excluding hydrogens is 365 g/mol. The minimum absolute atomic E-state index is 0.0159. The number of rotatable bonds is 2. The molecule has 2 heterocycles. The maximum atomic E-state index is 13.4. The lowest BCUT2D eigenvalue weighted by Gasteiger charge is -2.19. The largest absolute Gasteiger partial charge is 0.477 e. The molecule has 4 nitrogen and oxygen atoms in total. The van der Waals surface area contributed by atoms with E-state index in [4.69, 9.17) is 5.11 Å². The van der Waals surface area contributed by atoms with Gasteiger partial charge in [0.25, 0.3) is 0 Å². The fraction of sp³-hybridized carbons (Fsp3) is 0.333. The molecule has 0 fully saturated rings. The molecule has 2 aromatic heterocycles. The number of alkyl halides is 3. The number of thiazole rings is 1. The number of hydrogen-bond acceptors (Lipinski definition) is 3. The quantitative estimate of drug-likeness (QED) is 0.647. The molecule has 8 heteroatoms. The first-order chi connectivity index (χ1) is 11.9. The number of carboxylic acids is 1. The maximum Gasteiger partial charge on any atom is 0.433 e. The number of benzene rings is 1. The highest BCUT2D eigenvalue weighted by Crippen LogP contribution is 2.39. The van der Waals surface area contributed by atoms with Gasteiger partial charge in [-0.05, 0) is 17.9 Å². The molecule has 0 aliphatic carbocycles. The summed E-state index contributed by atoms with van der Waals surface area (Å²) in [5.41, 5.74) is 1.24. The Bertz CT molecular complexity index is 993. The fourth-order valence-electron chi connectivity index (χ4n) is 2.85. The Labute approximate surface area is 151 Å². The van der Waals surface area contributed by atoms with Gasteiger partial charge in [0.1, 0.15) is 4.88 Å². The molecule has 0 unspecified atom stereocenters. The molecule has 138 valence electrons. The number of nitrogens with zero attached hydrogens (tertiary/aromatic N) is 2. The second-order valence-electron chi connectivity index (χ2n) is 7.07.